The van der Waals surface area contributed by atoms with Crippen LogP contribution in [0.25, 0.3) is 0 Å². The van der Waals surface area contributed by atoms with E-state index < -0.39 is 16.1 Å². The van der Waals surface area contributed by atoms with Gasteiger partial charge >= 0.3 is 5.97 Å². The van der Waals surface area contributed by atoms with Crippen molar-refractivity contribution in [3.8, 4) is 5.75 Å². The summed E-state index contributed by atoms with van der Waals surface area (Å²) in [5.74, 6) is -0.312. The number of rotatable bonds is 4. The zero-order chi connectivity index (χ0) is 20.5. The van der Waals surface area contributed by atoms with Crippen molar-refractivity contribution < 1.29 is 27.5 Å². The average Bonchev–Trinajstić information content (AvgIpc) is 2.66. The van der Waals surface area contributed by atoms with E-state index in [1.165, 1.54) is 4.31 Å². The predicted molar refractivity (Wildman–Crippen MR) is 104 cm³/mol. The van der Waals surface area contributed by atoms with Crippen LogP contribution in [0.5, 0.6) is 5.75 Å². The average molecular weight is 410 g/mol. The monoisotopic (exact) mass is 410 g/mol. The second-order valence-corrected chi connectivity index (χ2v) is 9.13. The number of hydrogen-bond donors (Lipinski definition) is 0. The number of benzene rings is 1. The lowest BCUT2D eigenvalue weighted by atomic mass is 9.96. The van der Waals surface area contributed by atoms with E-state index in [0.717, 1.165) is 11.8 Å². The van der Waals surface area contributed by atoms with E-state index >= 15 is 0 Å². The molecule has 0 bridgehead atoms. The Morgan fingerprint density at radius 1 is 1.25 bits per heavy atom. The van der Waals surface area contributed by atoms with Gasteiger partial charge in [-0.1, -0.05) is 6.07 Å². The lowest BCUT2D eigenvalue weighted by Crippen LogP contribution is -2.53. The fourth-order valence-electron chi connectivity index (χ4n) is 3.60. The number of amides is 1. The van der Waals surface area contributed by atoms with Crippen molar-refractivity contribution in [1.82, 2.24) is 4.90 Å². The van der Waals surface area contributed by atoms with E-state index in [-0.39, 0.29) is 24.3 Å². The smallest absolute Gasteiger partial charge is 0.309 e. The van der Waals surface area contributed by atoms with Gasteiger partial charge in [-0.05, 0) is 44.4 Å². The van der Waals surface area contributed by atoms with Crippen molar-refractivity contribution in [3.63, 3.8) is 0 Å². The molecule has 2 heterocycles. The summed E-state index contributed by atoms with van der Waals surface area (Å²) in [7, 11) is -3.56. The number of carbonyl (C=O) groups is 2. The number of anilines is 1. The number of carbonyl (C=O) groups excluding carboxylic acids is 2. The quantitative estimate of drug-likeness (QED) is 0.695. The van der Waals surface area contributed by atoms with Crippen LogP contribution in [0.2, 0.25) is 0 Å². The molecule has 9 heteroatoms. The van der Waals surface area contributed by atoms with Crippen LogP contribution in [0.4, 0.5) is 5.69 Å². The Morgan fingerprint density at radius 3 is 2.54 bits per heavy atom. The number of piperidine rings is 1. The van der Waals surface area contributed by atoms with Gasteiger partial charge in [-0.25, -0.2) is 8.42 Å². The lowest BCUT2D eigenvalue weighted by Gasteiger charge is -2.38. The van der Waals surface area contributed by atoms with Crippen LogP contribution in [-0.4, -0.2) is 63.8 Å². The lowest BCUT2D eigenvalue weighted by molar-refractivity contribution is -0.152. The first-order valence-electron chi connectivity index (χ1n) is 9.41. The number of ether oxygens (including phenoxy) is 2. The van der Waals surface area contributed by atoms with Crippen molar-refractivity contribution in [2.45, 2.75) is 32.8 Å². The Hall–Kier alpha value is -2.29. The largest absolute Gasteiger partial charge is 0.476 e. The molecule has 28 heavy (non-hydrogen) atoms. The van der Waals surface area contributed by atoms with E-state index in [1.807, 2.05) is 13.0 Å². The number of aryl methyl sites for hydroxylation is 1. The summed E-state index contributed by atoms with van der Waals surface area (Å²) in [5.41, 5.74) is 1.36. The van der Waals surface area contributed by atoms with Gasteiger partial charge in [0.2, 0.25) is 10.0 Å². The van der Waals surface area contributed by atoms with Crippen molar-refractivity contribution in [2.75, 3.05) is 36.8 Å². The normalized spacial score (nSPS) is 20.3. The SMILES string of the molecule is CCOC(=O)C1CCN(C(=O)[C@H]2CN(S(C)(=O)=O)c3cc(C)ccc3O2)CC1. The van der Waals surface area contributed by atoms with Crippen LogP contribution in [0.15, 0.2) is 18.2 Å². The first kappa shape index (κ1) is 20.4. The van der Waals surface area contributed by atoms with Crippen LogP contribution in [0.3, 0.4) is 0 Å². The summed E-state index contributed by atoms with van der Waals surface area (Å²) in [6.07, 6.45) is 1.27. The number of hydrogen-bond acceptors (Lipinski definition) is 6. The molecule has 1 saturated heterocycles. The summed E-state index contributed by atoms with van der Waals surface area (Å²) in [6.45, 7) is 4.75. The molecule has 1 amide bonds. The van der Waals surface area contributed by atoms with Gasteiger partial charge in [0.15, 0.2) is 6.10 Å². The van der Waals surface area contributed by atoms with Gasteiger partial charge in [0.25, 0.3) is 5.91 Å². The Labute approximate surface area is 165 Å². The zero-order valence-electron chi connectivity index (χ0n) is 16.4. The van der Waals surface area contributed by atoms with Crippen molar-refractivity contribution >= 4 is 27.6 Å². The van der Waals surface area contributed by atoms with Gasteiger partial charge in [0, 0.05) is 13.1 Å². The molecular formula is C19H26N2O6S. The van der Waals surface area contributed by atoms with E-state index in [0.29, 0.717) is 44.0 Å². The van der Waals surface area contributed by atoms with Crippen molar-refractivity contribution in [2.24, 2.45) is 5.92 Å². The molecule has 0 saturated carbocycles. The molecule has 0 spiro atoms. The maximum atomic E-state index is 13.0. The minimum Gasteiger partial charge on any atom is -0.476 e. The molecule has 1 atom stereocenters. The molecule has 1 fully saturated rings. The third-order valence-corrected chi connectivity index (χ3v) is 6.23. The molecule has 3 rings (SSSR count). The number of sulfonamides is 1. The molecule has 8 nitrogen and oxygen atoms in total. The minimum absolute atomic E-state index is 0.0636. The van der Waals surface area contributed by atoms with Crippen LogP contribution in [0.1, 0.15) is 25.3 Å². The molecule has 0 radical (unpaired) electrons. The Morgan fingerprint density at radius 2 is 1.93 bits per heavy atom. The van der Waals surface area contributed by atoms with Crippen LogP contribution in [-0.2, 0) is 24.3 Å². The van der Waals surface area contributed by atoms with Gasteiger partial charge in [0.05, 0.1) is 31.0 Å². The first-order chi connectivity index (χ1) is 13.2. The molecule has 1 aromatic carbocycles. The van der Waals surface area contributed by atoms with Crippen LogP contribution < -0.4 is 9.04 Å². The summed E-state index contributed by atoms with van der Waals surface area (Å²) in [6, 6.07) is 5.24. The van der Waals surface area contributed by atoms with Crippen LogP contribution in [0, 0.1) is 12.8 Å². The van der Waals surface area contributed by atoms with Gasteiger partial charge in [-0.15, -0.1) is 0 Å². The first-order valence-corrected chi connectivity index (χ1v) is 11.3. The second kappa shape index (κ2) is 7.98. The number of nitrogens with zero attached hydrogens (tertiary/aromatic N) is 2. The zero-order valence-corrected chi connectivity index (χ0v) is 17.2. The molecule has 2 aliphatic heterocycles. The topological polar surface area (TPSA) is 93.2 Å². The highest BCUT2D eigenvalue weighted by molar-refractivity contribution is 7.92. The van der Waals surface area contributed by atoms with Crippen LogP contribution >= 0.6 is 0 Å². The Bertz CT molecular complexity index is 861. The third kappa shape index (κ3) is 4.24. The molecule has 0 aromatic heterocycles. The highest BCUT2D eigenvalue weighted by Crippen LogP contribution is 2.36. The van der Waals surface area contributed by atoms with E-state index in [2.05, 4.69) is 0 Å². The Kier molecular flexibility index (Phi) is 5.83. The highest BCUT2D eigenvalue weighted by atomic mass is 32.2. The minimum atomic E-state index is -3.56. The molecular weight excluding hydrogens is 384 g/mol. The molecule has 2 aliphatic rings. The van der Waals surface area contributed by atoms with E-state index in [9.17, 15) is 18.0 Å². The molecule has 154 valence electrons. The van der Waals surface area contributed by atoms with Gasteiger partial charge in [-0.3, -0.25) is 13.9 Å². The number of fused-ring (bicyclic) bond motifs is 1. The fourth-order valence-corrected chi connectivity index (χ4v) is 4.51. The van der Waals surface area contributed by atoms with Crippen molar-refractivity contribution in [1.29, 1.82) is 0 Å². The Balaban J connectivity index is 1.73. The molecule has 0 N–H and O–H groups in total. The number of likely N-dealkylation sites (tertiary alicyclic amines) is 1. The summed E-state index contributed by atoms with van der Waals surface area (Å²) >= 11 is 0. The summed E-state index contributed by atoms with van der Waals surface area (Å²) in [5, 5.41) is 0. The molecule has 1 aromatic rings. The molecule has 0 aliphatic carbocycles. The van der Waals surface area contributed by atoms with E-state index in [1.54, 1.807) is 24.0 Å². The molecule has 0 unspecified atom stereocenters. The summed E-state index contributed by atoms with van der Waals surface area (Å²) in [4.78, 5) is 26.5. The maximum Gasteiger partial charge on any atom is 0.309 e. The third-order valence-electron chi connectivity index (χ3n) is 5.09. The van der Waals surface area contributed by atoms with Gasteiger partial charge in [0.1, 0.15) is 5.75 Å². The highest BCUT2D eigenvalue weighted by Gasteiger charge is 2.38. The maximum absolute atomic E-state index is 13.0. The predicted octanol–water partition coefficient (Wildman–Crippen LogP) is 1.32. The second-order valence-electron chi connectivity index (χ2n) is 7.22. The fraction of sp³-hybridized carbons (Fsp3) is 0.579. The number of esters is 1. The van der Waals surface area contributed by atoms with Gasteiger partial charge < -0.3 is 14.4 Å². The summed E-state index contributed by atoms with van der Waals surface area (Å²) < 4.78 is 36.7. The van der Waals surface area contributed by atoms with Crippen molar-refractivity contribution in [3.05, 3.63) is 23.8 Å². The standard InChI is InChI=1S/C19H26N2O6S/c1-4-26-19(23)14-7-9-20(10-8-14)18(22)17-12-21(28(3,24)25)15-11-13(2)5-6-16(15)27-17/h5-6,11,14,17H,4,7-10,12H2,1-3H3/t17-/m1/s1. The van der Waals surface area contributed by atoms with E-state index in [4.69, 9.17) is 9.47 Å². The van der Waals surface area contributed by atoms with Gasteiger partial charge in [-0.2, -0.15) is 0 Å².